The van der Waals surface area contributed by atoms with Crippen molar-refractivity contribution in [1.29, 1.82) is 0 Å². The van der Waals surface area contributed by atoms with Gasteiger partial charge in [-0.15, -0.1) is 0 Å². The number of para-hydroxylation sites is 1. The van der Waals surface area contributed by atoms with Gasteiger partial charge in [0.2, 0.25) is 0 Å². The molecular weight excluding hydrogens is 879 g/mol. The zero-order valence-electron chi connectivity index (χ0n) is 38.5. The fourth-order valence-corrected chi connectivity index (χ4v) is 11.1. The van der Waals surface area contributed by atoms with Gasteiger partial charge in [0.05, 0.1) is 35.6 Å². The number of benzene rings is 3. The summed E-state index contributed by atoms with van der Waals surface area (Å²) in [6, 6.07) is 21.1. The number of hydrogen-bond acceptors (Lipinski definition) is 15. The third kappa shape index (κ3) is 8.30. The van der Waals surface area contributed by atoms with E-state index in [-0.39, 0.29) is 59.6 Å². The molecule has 3 aromatic rings. The summed E-state index contributed by atoms with van der Waals surface area (Å²) in [4.78, 5) is 86.0. The Hall–Kier alpha value is -6.20. The van der Waals surface area contributed by atoms with E-state index in [1.165, 1.54) is 26.0 Å². The summed E-state index contributed by atoms with van der Waals surface area (Å²) in [7, 11) is 0. The molecule has 2 heterocycles. The van der Waals surface area contributed by atoms with Crippen molar-refractivity contribution in [2.75, 3.05) is 13.2 Å². The molecule has 4 bridgehead atoms. The van der Waals surface area contributed by atoms with Crippen LogP contribution in [0.5, 0.6) is 5.75 Å². The third-order valence-corrected chi connectivity index (χ3v) is 14.8. The number of amides is 1. The molecule has 1 amide bonds. The van der Waals surface area contributed by atoms with E-state index in [1.807, 2.05) is 0 Å². The molecule has 0 aromatic heterocycles. The number of carbonyl (C=O) groups is 6. The molecule has 0 radical (unpaired) electrons. The number of Topliss-reactive ketones (excluding diaryl/α,β-unsaturated/α-hetero) is 1. The van der Waals surface area contributed by atoms with Crippen LogP contribution in [0.15, 0.2) is 108 Å². The van der Waals surface area contributed by atoms with Crippen LogP contribution < -0.4 is 10.1 Å². The Morgan fingerprint density at radius 2 is 1.51 bits per heavy atom. The predicted molar refractivity (Wildman–Crippen MR) is 241 cm³/mol. The summed E-state index contributed by atoms with van der Waals surface area (Å²) in [5.41, 5.74) is -7.34. The van der Waals surface area contributed by atoms with Crippen LogP contribution in [0.2, 0.25) is 0 Å². The predicted octanol–water partition coefficient (Wildman–Crippen LogP) is 4.83. The molecule has 4 N–H and O–H groups in total. The first-order chi connectivity index (χ1) is 32.3. The molecule has 1 saturated heterocycles. The first-order valence-corrected chi connectivity index (χ1v) is 22.9. The van der Waals surface area contributed by atoms with Gasteiger partial charge in [0.25, 0.3) is 5.91 Å². The fourth-order valence-electron chi connectivity index (χ4n) is 11.1. The topological polar surface area (TPSA) is 231 Å². The van der Waals surface area contributed by atoms with Crippen LogP contribution in [0, 0.1) is 16.7 Å². The first-order valence-electron chi connectivity index (χ1n) is 22.9. The molecule has 5 aliphatic rings. The van der Waals surface area contributed by atoms with Crippen molar-refractivity contribution in [2.24, 2.45) is 16.7 Å². The Balaban J connectivity index is 1.33. The lowest BCUT2D eigenvalue weighted by Crippen LogP contribution is -2.82. The molecular formula is C52H57NO15. The van der Waals surface area contributed by atoms with Crippen LogP contribution in [-0.2, 0) is 42.9 Å². The molecule has 11 atom stereocenters. The minimum atomic E-state index is -2.42. The Morgan fingerprint density at radius 3 is 2.18 bits per heavy atom. The first kappa shape index (κ1) is 48.3. The number of allylic oxidation sites excluding steroid dienone is 1. The number of aliphatic hydroxyl groups is 3. The van der Waals surface area contributed by atoms with Crippen LogP contribution in [0.4, 0.5) is 0 Å². The number of rotatable bonds is 5. The zero-order valence-corrected chi connectivity index (χ0v) is 38.5. The second-order valence-corrected chi connectivity index (χ2v) is 19.0. The normalized spacial score (nSPS) is 34.1. The van der Waals surface area contributed by atoms with Gasteiger partial charge >= 0.3 is 23.9 Å². The number of hydrogen-bond donors (Lipinski definition) is 4. The molecule has 0 unspecified atom stereocenters. The van der Waals surface area contributed by atoms with E-state index in [1.54, 1.807) is 98.8 Å². The van der Waals surface area contributed by atoms with E-state index in [4.69, 9.17) is 28.4 Å². The molecule has 3 fully saturated rings. The van der Waals surface area contributed by atoms with Crippen LogP contribution in [0.25, 0.3) is 0 Å². The maximum Gasteiger partial charge on any atom is 0.338 e. The lowest BCUT2D eigenvalue weighted by atomic mass is 9.44. The molecule has 2 aliphatic heterocycles. The van der Waals surface area contributed by atoms with Crippen molar-refractivity contribution in [3.05, 3.63) is 125 Å². The van der Waals surface area contributed by atoms with Crippen molar-refractivity contribution in [2.45, 2.75) is 121 Å². The monoisotopic (exact) mass is 935 g/mol. The highest BCUT2D eigenvalue weighted by Crippen LogP contribution is 2.64. The van der Waals surface area contributed by atoms with Gasteiger partial charge in [0.1, 0.15) is 36.3 Å². The molecule has 360 valence electrons. The van der Waals surface area contributed by atoms with Crippen molar-refractivity contribution < 1.29 is 72.5 Å². The molecule has 8 rings (SSSR count). The molecule has 16 nitrogen and oxygen atoms in total. The highest BCUT2D eigenvalue weighted by molar-refractivity contribution is 5.96. The Kier molecular flexibility index (Phi) is 13.3. The van der Waals surface area contributed by atoms with Gasteiger partial charge in [0, 0.05) is 42.7 Å². The Labute approximate surface area is 393 Å². The summed E-state index contributed by atoms with van der Waals surface area (Å²) < 4.78 is 37.2. The van der Waals surface area contributed by atoms with Crippen molar-refractivity contribution in [1.82, 2.24) is 5.32 Å². The van der Waals surface area contributed by atoms with Crippen LogP contribution in [0.1, 0.15) is 99.0 Å². The maximum absolute atomic E-state index is 15.7. The lowest BCUT2D eigenvalue weighted by Gasteiger charge is -2.67. The number of esters is 4. The highest BCUT2D eigenvalue weighted by Gasteiger charge is 2.78. The maximum atomic E-state index is 15.7. The molecule has 3 aromatic carbocycles. The van der Waals surface area contributed by atoms with Gasteiger partial charge in [-0.3, -0.25) is 19.2 Å². The third-order valence-electron chi connectivity index (χ3n) is 14.8. The van der Waals surface area contributed by atoms with E-state index in [0.29, 0.717) is 12.8 Å². The summed E-state index contributed by atoms with van der Waals surface area (Å²) >= 11 is 0. The number of nitrogens with one attached hydrogen (secondary N) is 1. The standard InChI is InChI=1S/C52H57NO15/c1-29-35-27-52(62)45(67-47(60)32-20-12-9-13-21-32)43-50(5,44(58)42(65-30(2)54)39(29)49(52,3)4)36(55)26-37-51(43,28-64-37)68-38(56)24-14-6-7-17-25-63-34-23-16-15-22-33(34)40(41(57)48(61)66-35)53-46(59)31-18-10-8-11-19-31/h7-13,15-23,35-37,40-43,45,55,57,62H,6,14,24-28H2,1-5H3,(H,53,59)/b17-7+/t35-,36-,37+,40-,41+,42+,43-,45-,50+,51-,52+/m0/s1. The van der Waals surface area contributed by atoms with Gasteiger partial charge in [-0.25, -0.2) is 9.59 Å². The molecule has 16 heteroatoms. The van der Waals surface area contributed by atoms with Gasteiger partial charge < -0.3 is 49.1 Å². The summed E-state index contributed by atoms with van der Waals surface area (Å²) in [6.45, 7) is 6.90. The van der Waals surface area contributed by atoms with Crippen molar-refractivity contribution in [3.8, 4) is 5.75 Å². The van der Waals surface area contributed by atoms with Gasteiger partial charge in [-0.2, -0.15) is 0 Å². The van der Waals surface area contributed by atoms with Crippen LogP contribution in [0.3, 0.4) is 0 Å². The van der Waals surface area contributed by atoms with Gasteiger partial charge in [-0.05, 0) is 68.2 Å². The summed E-state index contributed by atoms with van der Waals surface area (Å²) in [5.74, 6) is -6.63. The van der Waals surface area contributed by atoms with Crippen LogP contribution >= 0.6 is 0 Å². The lowest BCUT2D eigenvalue weighted by molar-refractivity contribution is -0.346. The van der Waals surface area contributed by atoms with E-state index < -0.39 is 113 Å². The van der Waals surface area contributed by atoms with E-state index in [0.717, 1.165) is 6.92 Å². The minimum absolute atomic E-state index is 0.0111. The van der Waals surface area contributed by atoms with Gasteiger partial charge in [0.15, 0.2) is 23.6 Å². The number of aliphatic hydroxyl groups excluding tert-OH is 2. The Bertz CT molecular complexity index is 2520. The summed E-state index contributed by atoms with van der Waals surface area (Å²) in [6.07, 6.45) is -6.63. The SMILES string of the molecule is CC(=O)O[C@H]1C(=O)[C@@]2(C)[C@@H]3[C@H](OC(=O)c4ccccc4)[C@]4(O)C[C@H](OC(=O)[C@H](O)[C@@H](NC(=O)c5ccccc5)c5ccccc5OC/C=C/CCCC(=O)O[C@]35CO[C@@H]5C[C@@H]2O)C(C)=C1C4(C)C. The zero-order chi connectivity index (χ0) is 48.8. The Morgan fingerprint density at radius 1 is 0.853 bits per heavy atom. The molecule has 2 saturated carbocycles. The largest absolute Gasteiger partial charge is 0.489 e. The number of ketones is 1. The molecule has 68 heavy (non-hydrogen) atoms. The molecule has 3 aliphatic carbocycles. The minimum Gasteiger partial charge on any atom is -0.489 e. The van der Waals surface area contributed by atoms with E-state index in [2.05, 4.69) is 5.32 Å². The summed E-state index contributed by atoms with van der Waals surface area (Å²) in [5, 5.41) is 41.1. The number of ether oxygens (including phenoxy) is 6. The quantitative estimate of drug-likeness (QED) is 0.153. The van der Waals surface area contributed by atoms with Crippen molar-refractivity contribution >= 4 is 35.6 Å². The van der Waals surface area contributed by atoms with E-state index >= 15 is 4.79 Å². The second-order valence-electron chi connectivity index (χ2n) is 19.0. The average Bonchev–Trinajstić information content (AvgIpc) is 3.31. The number of carbonyl (C=O) groups excluding carboxylic acids is 6. The average molecular weight is 936 g/mol. The molecule has 1 spiro atoms. The second kappa shape index (κ2) is 18.7. The van der Waals surface area contributed by atoms with Gasteiger partial charge in [-0.1, -0.05) is 80.6 Å². The van der Waals surface area contributed by atoms with Crippen molar-refractivity contribution in [3.63, 3.8) is 0 Å². The fraction of sp³-hybridized carbons (Fsp3) is 0.462. The smallest absolute Gasteiger partial charge is 0.338 e. The van der Waals surface area contributed by atoms with Crippen LogP contribution in [-0.4, -0.2) is 112 Å². The van der Waals surface area contributed by atoms with E-state index in [9.17, 15) is 39.3 Å². The highest BCUT2D eigenvalue weighted by atomic mass is 16.6. The number of fused-ring (bicyclic) bond motifs is 3.